The van der Waals surface area contributed by atoms with Crippen molar-refractivity contribution in [3.05, 3.63) is 87.5 Å². The van der Waals surface area contributed by atoms with Crippen LogP contribution in [-0.4, -0.2) is 23.7 Å². The van der Waals surface area contributed by atoms with Gasteiger partial charge in [-0.3, -0.25) is 10.1 Å². The summed E-state index contributed by atoms with van der Waals surface area (Å²) < 4.78 is 5.40. The van der Waals surface area contributed by atoms with E-state index < -0.39 is 4.92 Å². The lowest BCUT2D eigenvalue weighted by molar-refractivity contribution is -0.384. The largest absolute Gasteiger partial charge is 0.504 e. The van der Waals surface area contributed by atoms with Gasteiger partial charge in [0.25, 0.3) is 5.69 Å². The van der Waals surface area contributed by atoms with Crippen LogP contribution >= 0.6 is 0 Å². The first-order valence-electron chi connectivity index (χ1n) is 10.0. The average Bonchev–Trinajstić information content (AvgIpc) is 2.78. The normalized spacial score (nSPS) is 15.4. The van der Waals surface area contributed by atoms with Crippen molar-refractivity contribution in [2.45, 2.75) is 25.3 Å². The highest BCUT2D eigenvalue weighted by molar-refractivity contribution is 5.84. The Morgan fingerprint density at radius 1 is 1.17 bits per heavy atom. The van der Waals surface area contributed by atoms with Gasteiger partial charge in [-0.05, 0) is 54.6 Å². The lowest BCUT2D eigenvalue weighted by atomic mass is 9.83. The van der Waals surface area contributed by atoms with Crippen molar-refractivity contribution >= 4 is 5.69 Å². The van der Waals surface area contributed by atoms with E-state index in [4.69, 9.17) is 4.74 Å². The Kier molecular flexibility index (Phi) is 5.68. The van der Waals surface area contributed by atoms with Crippen molar-refractivity contribution in [3.8, 4) is 22.6 Å². The molecule has 1 aliphatic heterocycles. The first kappa shape index (κ1) is 19.9. The van der Waals surface area contributed by atoms with Gasteiger partial charge in [-0.2, -0.15) is 0 Å². The first-order valence-corrected chi connectivity index (χ1v) is 10.0. The monoisotopic (exact) mass is 404 g/mol. The molecule has 3 aromatic rings. The number of nitrogens with zero attached hydrogens (tertiary/aromatic N) is 1. The minimum Gasteiger partial charge on any atom is -0.504 e. The highest BCUT2D eigenvalue weighted by Gasteiger charge is 2.30. The fraction of sp³-hybridized carbons (Fsp3) is 0.250. The summed E-state index contributed by atoms with van der Waals surface area (Å²) in [7, 11) is 1.50. The van der Waals surface area contributed by atoms with Gasteiger partial charge in [-0.15, -0.1) is 0 Å². The molecule has 6 heteroatoms. The number of rotatable bonds is 6. The zero-order valence-electron chi connectivity index (χ0n) is 16.8. The number of nitrogens with one attached hydrogen (secondary N) is 1. The second kappa shape index (κ2) is 8.55. The Morgan fingerprint density at radius 3 is 2.63 bits per heavy atom. The van der Waals surface area contributed by atoms with Gasteiger partial charge >= 0.3 is 0 Å². The molecule has 0 amide bonds. The fourth-order valence-electron chi connectivity index (χ4n) is 4.28. The highest BCUT2D eigenvalue weighted by Crippen LogP contribution is 2.48. The molecule has 30 heavy (non-hydrogen) atoms. The third-order valence-electron chi connectivity index (χ3n) is 5.68. The van der Waals surface area contributed by atoms with Crippen LogP contribution in [0.25, 0.3) is 11.1 Å². The van der Waals surface area contributed by atoms with Crippen molar-refractivity contribution < 1.29 is 14.8 Å². The zero-order valence-corrected chi connectivity index (χ0v) is 16.8. The van der Waals surface area contributed by atoms with Gasteiger partial charge in [0.15, 0.2) is 11.5 Å². The van der Waals surface area contributed by atoms with E-state index in [1.165, 1.54) is 18.7 Å². The van der Waals surface area contributed by atoms with E-state index in [0.717, 1.165) is 36.9 Å². The second-order valence-corrected chi connectivity index (χ2v) is 7.43. The van der Waals surface area contributed by atoms with Crippen molar-refractivity contribution in [2.75, 3.05) is 13.7 Å². The number of fused-ring (bicyclic) bond motifs is 1. The van der Waals surface area contributed by atoms with Crippen LogP contribution in [0.1, 0.15) is 29.2 Å². The molecule has 1 atom stereocenters. The van der Waals surface area contributed by atoms with Crippen LogP contribution in [0.4, 0.5) is 5.69 Å². The van der Waals surface area contributed by atoms with Crippen LogP contribution < -0.4 is 10.1 Å². The maximum absolute atomic E-state index is 11.7. The summed E-state index contributed by atoms with van der Waals surface area (Å²) in [5, 5.41) is 26.3. The van der Waals surface area contributed by atoms with Gasteiger partial charge in [-0.25, -0.2) is 0 Å². The Hall–Kier alpha value is -3.38. The minimum absolute atomic E-state index is 0.0272. The Morgan fingerprint density at radius 2 is 1.90 bits per heavy atom. The molecule has 1 heterocycles. The van der Waals surface area contributed by atoms with E-state index >= 15 is 0 Å². The summed E-state index contributed by atoms with van der Waals surface area (Å²) in [6, 6.07) is 18.6. The number of aromatic hydroxyl groups is 1. The molecule has 0 saturated heterocycles. The number of nitro benzene ring substituents is 1. The molecule has 0 saturated carbocycles. The second-order valence-electron chi connectivity index (χ2n) is 7.43. The number of para-hydroxylation sites is 1. The third kappa shape index (κ3) is 3.74. The molecule has 0 aromatic heterocycles. The SMILES string of the molecule is COc1cc2c(c(-c3ccccc3[N+](=O)[O-])c1O)C(CCc1ccccc1)NCC2. The number of phenolic OH excluding ortho intramolecular Hbond substituents is 1. The molecule has 0 radical (unpaired) electrons. The predicted molar refractivity (Wildman–Crippen MR) is 116 cm³/mol. The number of benzene rings is 3. The van der Waals surface area contributed by atoms with Gasteiger partial charge < -0.3 is 15.2 Å². The summed E-state index contributed by atoms with van der Waals surface area (Å²) in [5.41, 5.74) is 4.07. The Labute approximate surface area is 175 Å². The van der Waals surface area contributed by atoms with Gasteiger partial charge in [0.1, 0.15) is 0 Å². The fourth-order valence-corrected chi connectivity index (χ4v) is 4.28. The third-order valence-corrected chi connectivity index (χ3v) is 5.68. The van der Waals surface area contributed by atoms with Crippen molar-refractivity contribution in [3.63, 3.8) is 0 Å². The lowest BCUT2D eigenvalue weighted by Gasteiger charge is -2.30. The number of ether oxygens (including phenoxy) is 1. The van der Waals surface area contributed by atoms with E-state index in [9.17, 15) is 15.2 Å². The summed E-state index contributed by atoms with van der Waals surface area (Å²) in [6.07, 6.45) is 2.44. The molecule has 1 aliphatic rings. The zero-order chi connectivity index (χ0) is 21.1. The van der Waals surface area contributed by atoms with E-state index in [0.29, 0.717) is 16.9 Å². The molecular formula is C24H24N2O4. The molecule has 0 aliphatic carbocycles. The number of phenols is 1. The average molecular weight is 404 g/mol. The molecule has 0 fully saturated rings. The highest BCUT2D eigenvalue weighted by atomic mass is 16.6. The van der Waals surface area contributed by atoms with Crippen LogP contribution in [0.2, 0.25) is 0 Å². The van der Waals surface area contributed by atoms with Crippen LogP contribution in [-0.2, 0) is 12.8 Å². The van der Waals surface area contributed by atoms with Gasteiger partial charge in [0.2, 0.25) is 0 Å². The Bertz CT molecular complexity index is 1070. The summed E-state index contributed by atoms with van der Waals surface area (Å²) in [5.74, 6) is 0.282. The number of methoxy groups -OCH3 is 1. The molecule has 3 aromatic carbocycles. The quantitative estimate of drug-likeness (QED) is 0.456. The summed E-state index contributed by atoms with van der Waals surface area (Å²) in [4.78, 5) is 11.3. The minimum atomic E-state index is -0.407. The van der Waals surface area contributed by atoms with Crippen molar-refractivity contribution in [1.82, 2.24) is 5.32 Å². The van der Waals surface area contributed by atoms with Crippen molar-refractivity contribution in [2.24, 2.45) is 0 Å². The van der Waals surface area contributed by atoms with E-state index in [2.05, 4.69) is 17.4 Å². The molecule has 6 nitrogen and oxygen atoms in total. The van der Waals surface area contributed by atoms with E-state index in [-0.39, 0.29) is 17.5 Å². The van der Waals surface area contributed by atoms with Crippen molar-refractivity contribution in [1.29, 1.82) is 0 Å². The maximum Gasteiger partial charge on any atom is 0.277 e. The van der Waals surface area contributed by atoms with Crippen LogP contribution in [0.15, 0.2) is 60.7 Å². The maximum atomic E-state index is 11.7. The first-order chi connectivity index (χ1) is 14.6. The molecule has 0 spiro atoms. The molecule has 4 rings (SSSR count). The van der Waals surface area contributed by atoms with Crippen LogP contribution in [0.5, 0.6) is 11.5 Å². The van der Waals surface area contributed by atoms with Crippen LogP contribution in [0.3, 0.4) is 0 Å². The number of aryl methyl sites for hydroxylation is 1. The molecule has 2 N–H and O–H groups in total. The topological polar surface area (TPSA) is 84.6 Å². The standard InChI is InChI=1S/C24H24N2O4/c1-30-21-15-17-13-14-25-19(12-11-16-7-3-2-4-8-16)22(17)23(24(21)27)18-9-5-6-10-20(18)26(28)29/h2-10,15,19,25,27H,11-14H2,1H3. The molecule has 1 unspecified atom stereocenters. The van der Waals surface area contributed by atoms with Gasteiger partial charge in [-0.1, -0.05) is 42.5 Å². The molecular weight excluding hydrogens is 380 g/mol. The lowest BCUT2D eigenvalue weighted by Crippen LogP contribution is -2.31. The number of hydrogen-bond donors (Lipinski definition) is 2. The number of nitro groups is 1. The summed E-state index contributed by atoms with van der Waals surface area (Å²) in [6.45, 7) is 0.802. The smallest absolute Gasteiger partial charge is 0.277 e. The van der Waals surface area contributed by atoms with E-state index in [1.807, 2.05) is 24.3 Å². The van der Waals surface area contributed by atoms with Gasteiger partial charge in [0, 0.05) is 17.7 Å². The van der Waals surface area contributed by atoms with Crippen LogP contribution in [0, 0.1) is 10.1 Å². The summed E-state index contributed by atoms with van der Waals surface area (Å²) >= 11 is 0. The Balaban J connectivity index is 1.85. The van der Waals surface area contributed by atoms with E-state index in [1.54, 1.807) is 18.2 Å². The molecule has 0 bridgehead atoms. The predicted octanol–water partition coefficient (Wildman–Crippen LogP) is 4.80. The van der Waals surface area contributed by atoms with Gasteiger partial charge in [0.05, 0.1) is 17.6 Å². The molecule has 154 valence electrons. The number of hydrogen-bond acceptors (Lipinski definition) is 5.